The number of aryl methyl sites for hydroxylation is 1. The molecule has 0 aliphatic heterocycles. The van der Waals surface area contributed by atoms with E-state index in [1.165, 1.54) is 28.3 Å². The number of hydrogen-bond donors (Lipinski definition) is 0. The van der Waals surface area contributed by atoms with Crippen LogP contribution < -0.4 is 5.19 Å². The number of aromatic nitrogens is 1. The van der Waals surface area contributed by atoms with Gasteiger partial charge in [-0.05, 0) is 41.6 Å². The van der Waals surface area contributed by atoms with E-state index < -0.39 is 8.07 Å². The Morgan fingerprint density at radius 2 is 1.81 bits per heavy atom. The lowest BCUT2D eigenvalue weighted by Crippen LogP contribution is -2.41. The Morgan fingerprint density at radius 1 is 1.14 bits per heavy atom. The second-order valence-electron chi connectivity index (χ2n) is 7.03. The van der Waals surface area contributed by atoms with E-state index in [9.17, 15) is 0 Å². The highest BCUT2D eigenvalue weighted by Gasteiger charge is 2.23. The lowest BCUT2D eigenvalue weighted by atomic mass is 9.96. The molecule has 0 aliphatic rings. The van der Waals surface area contributed by atoms with Gasteiger partial charge in [0.1, 0.15) is 0 Å². The molecule has 2 rings (SSSR count). The van der Waals surface area contributed by atoms with Crippen LogP contribution in [0.3, 0.4) is 0 Å². The lowest BCUT2D eigenvalue weighted by Gasteiger charge is -2.24. The second-order valence-corrected chi connectivity index (χ2v) is 12.1. The molecule has 21 heavy (non-hydrogen) atoms. The summed E-state index contributed by atoms with van der Waals surface area (Å²) in [6.07, 6.45) is 3.32. The third-order valence-corrected chi connectivity index (χ3v) is 6.34. The maximum Gasteiger partial charge on any atom is 0.0799 e. The van der Waals surface area contributed by atoms with Crippen LogP contribution in [0.25, 0.3) is 11.3 Å². The number of rotatable bonds is 4. The predicted molar refractivity (Wildman–Crippen MR) is 96.1 cm³/mol. The molecule has 0 spiro atoms. The lowest BCUT2D eigenvalue weighted by molar-refractivity contribution is 0.736. The molecular formula is C19H27NSi. The largest absolute Gasteiger partial charge is 0.256 e. The van der Waals surface area contributed by atoms with Crippen molar-refractivity contribution in [3.8, 4) is 11.3 Å². The van der Waals surface area contributed by atoms with Crippen LogP contribution >= 0.6 is 0 Å². The Bertz CT molecular complexity index is 626. The normalized spacial score (nSPS) is 13.2. The highest BCUT2D eigenvalue weighted by molar-refractivity contribution is 6.89. The van der Waals surface area contributed by atoms with Crippen molar-refractivity contribution in [2.24, 2.45) is 0 Å². The Kier molecular flexibility index (Phi) is 4.67. The average molecular weight is 298 g/mol. The summed E-state index contributed by atoms with van der Waals surface area (Å²) >= 11 is 0. The molecule has 1 unspecified atom stereocenters. The van der Waals surface area contributed by atoms with Crippen LogP contribution in [0.5, 0.6) is 0 Å². The molecular weight excluding hydrogens is 270 g/mol. The third kappa shape index (κ3) is 3.43. The summed E-state index contributed by atoms with van der Waals surface area (Å²) in [6, 6.07) is 10.9. The van der Waals surface area contributed by atoms with Gasteiger partial charge in [0.2, 0.25) is 0 Å². The van der Waals surface area contributed by atoms with Gasteiger partial charge in [-0.1, -0.05) is 57.8 Å². The van der Waals surface area contributed by atoms with Gasteiger partial charge in [-0.25, -0.2) is 0 Å². The minimum atomic E-state index is -1.36. The molecule has 0 radical (unpaired) electrons. The highest BCUT2D eigenvalue weighted by atomic mass is 28.3. The van der Waals surface area contributed by atoms with Gasteiger partial charge >= 0.3 is 0 Å². The quantitative estimate of drug-likeness (QED) is 0.714. The van der Waals surface area contributed by atoms with E-state index >= 15 is 0 Å². The summed E-state index contributed by atoms with van der Waals surface area (Å²) < 4.78 is 0. The van der Waals surface area contributed by atoms with Crippen molar-refractivity contribution in [1.82, 2.24) is 4.98 Å². The van der Waals surface area contributed by atoms with Crippen molar-refractivity contribution >= 4 is 13.3 Å². The predicted octanol–water partition coefficient (Wildman–Crippen LogP) is 5.12. The fourth-order valence-corrected chi connectivity index (χ4v) is 4.37. The maximum atomic E-state index is 4.79. The SMILES string of the molecule is CCC(C)c1cc(-c2ccccc2C)ncc1[Si](C)(C)C. The van der Waals surface area contributed by atoms with Gasteiger partial charge in [-0.15, -0.1) is 0 Å². The zero-order valence-corrected chi connectivity index (χ0v) is 15.2. The van der Waals surface area contributed by atoms with Crippen LogP contribution in [0.4, 0.5) is 0 Å². The molecule has 1 aromatic heterocycles. The van der Waals surface area contributed by atoms with Crippen LogP contribution in [-0.4, -0.2) is 13.1 Å². The second kappa shape index (κ2) is 6.14. The van der Waals surface area contributed by atoms with Crippen molar-refractivity contribution in [1.29, 1.82) is 0 Å². The molecule has 112 valence electrons. The minimum absolute atomic E-state index is 0.595. The number of nitrogens with zero attached hydrogens (tertiary/aromatic N) is 1. The first-order chi connectivity index (χ1) is 9.84. The molecule has 0 bridgehead atoms. The van der Waals surface area contributed by atoms with Crippen molar-refractivity contribution < 1.29 is 0 Å². The first-order valence-electron chi connectivity index (χ1n) is 7.91. The van der Waals surface area contributed by atoms with E-state index in [4.69, 9.17) is 4.98 Å². The fourth-order valence-electron chi connectivity index (χ4n) is 2.73. The molecule has 0 N–H and O–H groups in total. The van der Waals surface area contributed by atoms with Crippen LogP contribution in [0.15, 0.2) is 36.5 Å². The smallest absolute Gasteiger partial charge is 0.0799 e. The van der Waals surface area contributed by atoms with Gasteiger partial charge in [0, 0.05) is 11.8 Å². The van der Waals surface area contributed by atoms with Crippen LogP contribution in [0.1, 0.15) is 37.3 Å². The summed E-state index contributed by atoms with van der Waals surface area (Å²) in [5, 5.41) is 1.51. The van der Waals surface area contributed by atoms with Crippen molar-refractivity contribution in [2.75, 3.05) is 0 Å². The highest BCUT2D eigenvalue weighted by Crippen LogP contribution is 2.26. The molecule has 0 amide bonds. The molecule has 1 nitrogen and oxygen atoms in total. The first-order valence-corrected chi connectivity index (χ1v) is 11.4. The minimum Gasteiger partial charge on any atom is -0.256 e. The zero-order valence-electron chi connectivity index (χ0n) is 14.2. The maximum absolute atomic E-state index is 4.79. The molecule has 0 aliphatic carbocycles. The van der Waals surface area contributed by atoms with Crippen LogP contribution in [-0.2, 0) is 0 Å². The standard InChI is InChI=1S/C19H27NSi/c1-7-14(2)17-12-18(16-11-9-8-10-15(16)3)20-13-19(17)21(4,5)6/h8-14H,7H2,1-6H3. The number of pyridine rings is 1. The van der Waals surface area contributed by atoms with Crippen LogP contribution in [0.2, 0.25) is 19.6 Å². The molecule has 0 fully saturated rings. The van der Waals surface area contributed by atoms with Crippen molar-refractivity contribution in [2.45, 2.75) is 52.8 Å². The molecule has 2 aromatic rings. The summed E-state index contributed by atoms with van der Waals surface area (Å²) in [5.41, 5.74) is 5.17. The van der Waals surface area contributed by atoms with Crippen molar-refractivity contribution in [3.05, 3.63) is 47.7 Å². The van der Waals surface area contributed by atoms with Gasteiger partial charge < -0.3 is 0 Å². The van der Waals surface area contributed by atoms with Crippen LogP contribution in [0, 0.1) is 6.92 Å². The molecule has 0 saturated heterocycles. The molecule has 1 atom stereocenters. The number of benzene rings is 1. The Hall–Kier alpha value is -1.41. The Balaban J connectivity index is 2.60. The third-order valence-electron chi connectivity index (χ3n) is 4.31. The van der Waals surface area contributed by atoms with Gasteiger partial charge in [-0.3, -0.25) is 4.98 Å². The van der Waals surface area contributed by atoms with Gasteiger partial charge in [0.25, 0.3) is 0 Å². The van der Waals surface area contributed by atoms with Crippen molar-refractivity contribution in [3.63, 3.8) is 0 Å². The van der Waals surface area contributed by atoms with E-state index in [0.717, 1.165) is 5.69 Å². The summed E-state index contributed by atoms with van der Waals surface area (Å²) in [4.78, 5) is 4.79. The summed E-state index contributed by atoms with van der Waals surface area (Å²) in [5.74, 6) is 0.595. The van der Waals surface area contributed by atoms with E-state index in [1.807, 2.05) is 0 Å². The topological polar surface area (TPSA) is 12.9 Å². The Labute approximate surface area is 130 Å². The summed E-state index contributed by atoms with van der Waals surface area (Å²) in [7, 11) is -1.36. The van der Waals surface area contributed by atoms with E-state index in [2.05, 4.69) is 76.9 Å². The molecule has 1 heterocycles. The zero-order chi connectivity index (χ0) is 15.6. The monoisotopic (exact) mass is 297 g/mol. The molecule has 0 saturated carbocycles. The number of hydrogen-bond acceptors (Lipinski definition) is 1. The average Bonchev–Trinajstić information content (AvgIpc) is 2.45. The Morgan fingerprint density at radius 3 is 2.38 bits per heavy atom. The van der Waals surface area contributed by atoms with E-state index in [-0.39, 0.29) is 0 Å². The fraction of sp³-hybridized carbons (Fsp3) is 0.421. The van der Waals surface area contributed by atoms with Gasteiger partial charge in [-0.2, -0.15) is 0 Å². The summed E-state index contributed by atoms with van der Waals surface area (Å²) in [6.45, 7) is 14.0. The van der Waals surface area contributed by atoms with E-state index in [0.29, 0.717) is 5.92 Å². The molecule has 2 heteroatoms. The first kappa shape index (κ1) is 16.0. The van der Waals surface area contributed by atoms with Gasteiger partial charge in [0.05, 0.1) is 13.8 Å². The molecule has 1 aromatic carbocycles. The van der Waals surface area contributed by atoms with E-state index in [1.54, 1.807) is 0 Å². The van der Waals surface area contributed by atoms with Gasteiger partial charge in [0.15, 0.2) is 0 Å².